The molecule has 2 aliphatic rings. The summed E-state index contributed by atoms with van der Waals surface area (Å²) in [6, 6.07) is 0. The lowest BCUT2D eigenvalue weighted by Gasteiger charge is -2.04. The van der Waals surface area contributed by atoms with Gasteiger partial charge >= 0.3 is 0 Å². The maximum atomic E-state index is 11.0. The van der Waals surface area contributed by atoms with E-state index in [0.717, 1.165) is 5.71 Å². The number of allylic oxidation sites excluding steroid dienone is 3. The minimum Gasteiger partial charge on any atom is -0.267 e. The first kappa shape index (κ1) is 6.79. The van der Waals surface area contributed by atoms with Gasteiger partial charge in [-0.25, -0.2) is 5.43 Å². The molecule has 0 bridgehead atoms. The monoisotopic (exact) mass is 212 g/mol. The molecular weight excluding hydrogens is 208 g/mol. The Labute approximate surface area is 72.0 Å². The van der Waals surface area contributed by atoms with Gasteiger partial charge in [-0.1, -0.05) is 28.1 Å². The number of carbonyl (C=O) groups excluding carboxylic acids is 1. The van der Waals surface area contributed by atoms with Crippen LogP contribution in [0.15, 0.2) is 28.9 Å². The van der Waals surface area contributed by atoms with Crippen molar-refractivity contribution in [3.8, 4) is 0 Å². The molecule has 3 nitrogen and oxygen atoms in total. The SMILES string of the molecule is O=C1NN=C2C=CC(Br)C=C12. The van der Waals surface area contributed by atoms with E-state index in [-0.39, 0.29) is 10.7 Å². The van der Waals surface area contributed by atoms with E-state index in [2.05, 4.69) is 26.5 Å². The van der Waals surface area contributed by atoms with Crippen molar-refractivity contribution in [3.05, 3.63) is 23.8 Å². The Balaban J connectivity index is 2.42. The van der Waals surface area contributed by atoms with Crippen molar-refractivity contribution in [3.63, 3.8) is 0 Å². The fourth-order valence-electron chi connectivity index (χ4n) is 1.03. The van der Waals surface area contributed by atoms with Gasteiger partial charge in [-0.3, -0.25) is 4.79 Å². The molecule has 0 aromatic heterocycles. The predicted octanol–water partition coefficient (Wildman–Crippen LogP) is 0.732. The first-order chi connectivity index (χ1) is 5.27. The van der Waals surface area contributed by atoms with Crippen LogP contribution in [0.4, 0.5) is 0 Å². The molecule has 56 valence electrons. The van der Waals surface area contributed by atoms with Crippen LogP contribution in [0, 0.1) is 0 Å². The summed E-state index contributed by atoms with van der Waals surface area (Å²) in [6.45, 7) is 0. The van der Waals surface area contributed by atoms with Crippen LogP contribution in [-0.4, -0.2) is 16.4 Å². The highest BCUT2D eigenvalue weighted by atomic mass is 79.9. The number of alkyl halides is 1. The van der Waals surface area contributed by atoms with Crippen molar-refractivity contribution in [2.45, 2.75) is 4.83 Å². The summed E-state index contributed by atoms with van der Waals surface area (Å²) >= 11 is 3.35. The number of nitrogens with zero attached hydrogens (tertiary/aromatic N) is 1. The average molecular weight is 213 g/mol. The molecule has 0 aromatic carbocycles. The highest BCUT2D eigenvalue weighted by Gasteiger charge is 2.23. The number of nitrogens with one attached hydrogen (secondary N) is 1. The van der Waals surface area contributed by atoms with Crippen LogP contribution in [0.1, 0.15) is 0 Å². The second-order valence-corrected chi connectivity index (χ2v) is 3.38. The first-order valence-corrected chi connectivity index (χ1v) is 4.11. The lowest BCUT2D eigenvalue weighted by molar-refractivity contribution is -0.116. The van der Waals surface area contributed by atoms with Crippen molar-refractivity contribution < 1.29 is 4.79 Å². The predicted molar refractivity (Wildman–Crippen MR) is 45.5 cm³/mol. The molecule has 1 N–H and O–H groups in total. The quantitative estimate of drug-likeness (QED) is 0.592. The van der Waals surface area contributed by atoms with Crippen molar-refractivity contribution >= 4 is 27.5 Å². The molecular formula is C7H5BrN2O. The average Bonchev–Trinajstić information content (AvgIpc) is 2.33. The third-order valence-electron chi connectivity index (χ3n) is 1.56. The molecule has 0 saturated carbocycles. The molecule has 1 heterocycles. The van der Waals surface area contributed by atoms with Gasteiger partial charge in [-0.15, -0.1) is 0 Å². The summed E-state index contributed by atoms with van der Waals surface area (Å²) in [5.41, 5.74) is 3.78. The molecule has 0 radical (unpaired) electrons. The molecule has 1 unspecified atom stereocenters. The Kier molecular flexibility index (Phi) is 1.42. The number of hydrogen-bond acceptors (Lipinski definition) is 2. The second kappa shape index (κ2) is 2.30. The van der Waals surface area contributed by atoms with E-state index < -0.39 is 0 Å². The van der Waals surface area contributed by atoms with Crippen LogP contribution in [0.3, 0.4) is 0 Å². The van der Waals surface area contributed by atoms with Crippen LogP contribution >= 0.6 is 15.9 Å². The van der Waals surface area contributed by atoms with E-state index in [0.29, 0.717) is 5.57 Å². The highest BCUT2D eigenvalue weighted by molar-refractivity contribution is 9.09. The van der Waals surface area contributed by atoms with Crippen LogP contribution in [0.5, 0.6) is 0 Å². The van der Waals surface area contributed by atoms with Crippen LogP contribution < -0.4 is 5.43 Å². The van der Waals surface area contributed by atoms with Gasteiger partial charge < -0.3 is 0 Å². The molecule has 1 aliphatic heterocycles. The van der Waals surface area contributed by atoms with Gasteiger partial charge in [0.25, 0.3) is 5.91 Å². The largest absolute Gasteiger partial charge is 0.273 e. The zero-order chi connectivity index (χ0) is 7.84. The Bertz CT molecular complexity index is 304. The number of hydrogen-bond donors (Lipinski definition) is 1. The summed E-state index contributed by atoms with van der Waals surface area (Å²) in [4.78, 5) is 11.2. The normalized spacial score (nSPS) is 27.4. The fraction of sp³-hybridized carbons (Fsp3) is 0.143. The van der Waals surface area contributed by atoms with Gasteiger partial charge in [0.1, 0.15) is 0 Å². The Hall–Kier alpha value is -0.900. The number of rotatable bonds is 0. The van der Waals surface area contributed by atoms with Gasteiger partial charge in [0.2, 0.25) is 0 Å². The van der Waals surface area contributed by atoms with E-state index in [1.54, 1.807) is 0 Å². The molecule has 0 fully saturated rings. The molecule has 0 aromatic rings. The minimum absolute atomic E-state index is 0.117. The summed E-state index contributed by atoms with van der Waals surface area (Å²) in [7, 11) is 0. The minimum atomic E-state index is -0.117. The van der Waals surface area contributed by atoms with Crippen molar-refractivity contribution in [1.82, 2.24) is 5.43 Å². The maximum absolute atomic E-state index is 11.0. The number of amides is 1. The van der Waals surface area contributed by atoms with Gasteiger partial charge in [0, 0.05) is 0 Å². The maximum Gasteiger partial charge on any atom is 0.273 e. The summed E-state index contributed by atoms with van der Waals surface area (Å²) in [6.07, 6.45) is 5.59. The summed E-state index contributed by atoms with van der Waals surface area (Å²) in [5, 5.41) is 3.81. The zero-order valence-electron chi connectivity index (χ0n) is 5.54. The van der Waals surface area contributed by atoms with E-state index in [1.807, 2.05) is 18.2 Å². The van der Waals surface area contributed by atoms with Crippen LogP contribution in [-0.2, 0) is 4.79 Å². The van der Waals surface area contributed by atoms with Gasteiger partial charge in [-0.2, -0.15) is 5.10 Å². The molecule has 2 rings (SSSR count). The third-order valence-corrected chi connectivity index (χ3v) is 2.13. The van der Waals surface area contributed by atoms with Crippen LogP contribution in [0.25, 0.3) is 0 Å². The van der Waals surface area contributed by atoms with Gasteiger partial charge in [-0.05, 0) is 6.08 Å². The third kappa shape index (κ3) is 1.03. The smallest absolute Gasteiger partial charge is 0.267 e. The Morgan fingerprint density at radius 2 is 2.45 bits per heavy atom. The number of carbonyl (C=O) groups is 1. The molecule has 4 heteroatoms. The van der Waals surface area contributed by atoms with E-state index >= 15 is 0 Å². The molecule has 1 amide bonds. The van der Waals surface area contributed by atoms with Gasteiger partial charge in [0.05, 0.1) is 16.1 Å². The lowest BCUT2D eigenvalue weighted by atomic mass is 10.0. The van der Waals surface area contributed by atoms with Crippen molar-refractivity contribution in [2.24, 2.45) is 5.10 Å². The number of hydrazone groups is 1. The first-order valence-electron chi connectivity index (χ1n) is 3.20. The number of halogens is 1. The highest BCUT2D eigenvalue weighted by Crippen LogP contribution is 2.17. The van der Waals surface area contributed by atoms with Crippen LogP contribution in [0.2, 0.25) is 0 Å². The van der Waals surface area contributed by atoms with Gasteiger partial charge in [0.15, 0.2) is 0 Å². The van der Waals surface area contributed by atoms with E-state index in [1.165, 1.54) is 0 Å². The Morgan fingerprint density at radius 1 is 1.64 bits per heavy atom. The Morgan fingerprint density at radius 3 is 3.27 bits per heavy atom. The molecule has 11 heavy (non-hydrogen) atoms. The van der Waals surface area contributed by atoms with Crippen molar-refractivity contribution in [1.29, 1.82) is 0 Å². The molecule has 1 atom stereocenters. The molecule has 0 saturated heterocycles. The lowest BCUT2D eigenvalue weighted by Crippen LogP contribution is -2.15. The standard InChI is InChI=1S/C7H5BrN2O/c8-4-1-2-6-5(3-4)7(11)10-9-6/h1-4H,(H,10,11). The molecule has 0 spiro atoms. The van der Waals surface area contributed by atoms with E-state index in [9.17, 15) is 4.79 Å². The fourth-order valence-corrected chi connectivity index (χ4v) is 1.45. The second-order valence-electron chi connectivity index (χ2n) is 2.32. The number of fused-ring (bicyclic) bond motifs is 1. The molecule has 1 aliphatic carbocycles. The zero-order valence-corrected chi connectivity index (χ0v) is 7.13. The van der Waals surface area contributed by atoms with Crippen molar-refractivity contribution in [2.75, 3.05) is 0 Å². The summed E-state index contributed by atoms with van der Waals surface area (Å²) < 4.78 is 0. The van der Waals surface area contributed by atoms with E-state index in [4.69, 9.17) is 0 Å². The summed E-state index contributed by atoms with van der Waals surface area (Å²) in [5.74, 6) is -0.117. The topological polar surface area (TPSA) is 41.5 Å².